The highest BCUT2D eigenvalue weighted by Gasteiger charge is 2.19. The van der Waals surface area contributed by atoms with Crippen molar-refractivity contribution in [2.24, 2.45) is 5.92 Å². The zero-order valence-electron chi connectivity index (χ0n) is 10.1. The maximum absolute atomic E-state index is 4.49. The van der Waals surface area contributed by atoms with E-state index >= 15 is 0 Å². The molecule has 1 unspecified atom stereocenters. The molecule has 0 radical (unpaired) electrons. The van der Waals surface area contributed by atoms with Gasteiger partial charge < -0.3 is 5.32 Å². The summed E-state index contributed by atoms with van der Waals surface area (Å²) in [7, 11) is 2.00. The van der Waals surface area contributed by atoms with Crippen molar-refractivity contribution in [1.29, 1.82) is 0 Å². The Hall–Kier alpha value is -0.960. The van der Waals surface area contributed by atoms with E-state index in [2.05, 4.69) is 29.1 Å². The minimum atomic E-state index is 0.349. The van der Waals surface area contributed by atoms with E-state index < -0.39 is 0 Å². The highest BCUT2D eigenvalue weighted by atomic mass is 14.9. The van der Waals surface area contributed by atoms with E-state index in [-0.39, 0.29) is 0 Å². The molecular weight excluding hydrogens is 186 g/mol. The van der Waals surface area contributed by atoms with Gasteiger partial charge in [0.2, 0.25) is 0 Å². The number of nitrogens with zero attached hydrogens (tertiary/aromatic N) is 2. The maximum Gasteiger partial charge on any atom is 0.125 e. The zero-order valence-corrected chi connectivity index (χ0v) is 10.1. The first-order valence-corrected chi connectivity index (χ1v) is 5.69. The van der Waals surface area contributed by atoms with Crippen LogP contribution in [0.4, 0.5) is 0 Å². The fraction of sp³-hybridized carbons (Fsp3) is 0.667. The summed E-state index contributed by atoms with van der Waals surface area (Å²) in [5.41, 5.74) is 1.11. The summed E-state index contributed by atoms with van der Waals surface area (Å²) in [5, 5.41) is 3.36. The molecular formula is C12H21N3. The quantitative estimate of drug-likeness (QED) is 0.806. The third kappa shape index (κ3) is 2.99. The van der Waals surface area contributed by atoms with E-state index in [1.54, 1.807) is 0 Å². The van der Waals surface area contributed by atoms with Gasteiger partial charge in [0.25, 0.3) is 0 Å². The molecule has 0 saturated carbocycles. The van der Waals surface area contributed by atoms with Crippen LogP contribution >= 0.6 is 0 Å². The van der Waals surface area contributed by atoms with Crippen molar-refractivity contribution in [1.82, 2.24) is 15.3 Å². The SMILES string of the molecule is CCC(CC)C(NC)c1ccnc(C)n1. The van der Waals surface area contributed by atoms with Gasteiger partial charge in [0, 0.05) is 6.20 Å². The number of nitrogens with one attached hydrogen (secondary N) is 1. The van der Waals surface area contributed by atoms with E-state index in [0.29, 0.717) is 12.0 Å². The van der Waals surface area contributed by atoms with E-state index in [4.69, 9.17) is 0 Å². The van der Waals surface area contributed by atoms with Crippen molar-refractivity contribution in [3.8, 4) is 0 Å². The van der Waals surface area contributed by atoms with Gasteiger partial charge in [-0.3, -0.25) is 0 Å². The predicted octanol–water partition coefficient (Wildman–Crippen LogP) is 2.48. The average molecular weight is 207 g/mol. The molecule has 1 heterocycles. The smallest absolute Gasteiger partial charge is 0.125 e. The van der Waals surface area contributed by atoms with Crippen LogP contribution in [0.1, 0.15) is 44.2 Å². The Bertz CT molecular complexity index is 295. The Kier molecular flexibility index (Phi) is 4.69. The molecule has 1 N–H and O–H groups in total. The molecule has 0 bridgehead atoms. The Morgan fingerprint density at radius 1 is 1.33 bits per heavy atom. The molecule has 3 heteroatoms. The molecule has 0 aliphatic carbocycles. The van der Waals surface area contributed by atoms with Gasteiger partial charge in [-0.15, -0.1) is 0 Å². The Morgan fingerprint density at radius 3 is 2.47 bits per heavy atom. The summed E-state index contributed by atoms with van der Waals surface area (Å²) in [6.45, 7) is 6.39. The number of aryl methyl sites for hydroxylation is 1. The summed E-state index contributed by atoms with van der Waals surface area (Å²) in [4.78, 5) is 8.62. The molecule has 0 saturated heterocycles. The minimum absolute atomic E-state index is 0.349. The summed E-state index contributed by atoms with van der Waals surface area (Å²) in [5.74, 6) is 1.49. The summed E-state index contributed by atoms with van der Waals surface area (Å²) in [6, 6.07) is 2.36. The second kappa shape index (κ2) is 5.81. The van der Waals surface area contributed by atoms with Crippen LogP contribution in [0.25, 0.3) is 0 Å². The lowest BCUT2D eigenvalue weighted by Gasteiger charge is -2.24. The molecule has 0 amide bonds. The monoisotopic (exact) mass is 207 g/mol. The topological polar surface area (TPSA) is 37.8 Å². The number of hydrogen-bond acceptors (Lipinski definition) is 3. The Balaban J connectivity index is 2.90. The van der Waals surface area contributed by atoms with Gasteiger partial charge in [0.15, 0.2) is 0 Å². The van der Waals surface area contributed by atoms with Crippen molar-refractivity contribution < 1.29 is 0 Å². The molecule has 1 rings (SSSR count). The normalized spacial score (nSPS) is 13.1. The largest absolute Gasteiger partial charge is 0.311 e. The molecule has 0 spiro atoms. The van der Waals surface area contributed by atoms with Crippen LogP contribution in [0.15, 0.2) is 12.3 Å². The second-order valence-electron chi connectivity index (χ2n) is 3.87. The van der Waals surface area contributed by atoms with Crippen molar-refractivity contribution in [2.75, 3.05) is 7.05 Å². The zero-order chi connectivity index (χ0) is 11.3. The van der Waals surface area contributed by atoms with Crippen LogP contribution in [0, 0.1) is 12.8 Å². The van der Waals surface area contributed by atoms with Crippen molar-refractivity contribution in [3.63, 3.8) is 0 Å². The molecule has 84 valence electrons. The predicted molar refractivity (Wildman–Crippen MR) is 62.6 cm³/mol. The lowest BCUT2D eigenvalue weighted by Crippen LogP contribution is -2.25. The summed E-state index contributed by atoms with van der Waals surface area (Å²) >= 11 is 0. The molecule has 0 aliphatic rings. The molecule has 1 aromatic rings. The first-order chi connectivity index (χ1) is 7.22. The van der Waals surface area contributed by atoms with Gasteiger partial charge in [-0.25, -0.2) is 9.97 Å². The van der Waals surface area contributed by atoms with Gasteiger partial charge in [-0.05, 0) is 26.0 Å². The third-order valence-electron chi connectivity index (χ3n) is 2.95. The molecule has 1 aromatic heterocycles. The number of hydrogen-bond donors (Lipinski definition) is 1. The van der Waals surface area contributed by atoms with Gasteiger partial charge >= 0.3 is 0 Å². The maximum atomic E-state index is 4.49. The minimum Gasteiger partial charge on any atom is -0.311 e. The van der Waals surface area contributed by atoms with Crippen LogP contribution in [-0.4, -0.2) is 17.0 Å². The van der Waals surface area contributed by atoms with Crippen LogP contribution in [-0.2, 0) is 0 Å². The van der Waals surface area contributed by atoms with Crippen LogP contribution < -0.4 is 5.32 Å². The van der Waals surface area contributed by atoms with E-state index in [1.807, 2.05) is 26.2 Å². The first kappa shape index (κ1) is 12.1. The van der Waals surface area contributed by atoms with Crippen molar-refractivity contribution >= 4 is 0 Å². The molecule has 0 aliphatic heterocycles. The lowest BCUT2D eigenvalue weighted by molar-refractivity contribution is 0.352. The van der Waals surface area contributed by atoms with Gasteiger partial charge in [0.05, 0.1) is 11.7 Å². The van der Waals surface area contributed by atoms with Gasteiger partial charge in [0.1, 0.15) is 5.82 Å². The van der Waals surface area contributed by atoms with E-state index in [0.717, 1.165) is 11.5 Å². The first-order valence-electron chi connectivity index (χ1n) is 5.69. The van der Waals surface area contributed by atoms with Crippen LogP contribution in [0.5, 0.6) is 0 Å². The fourth-order valence-electron chi connectivity index (χ4n) is 2.03. The second-order valence-corrected chi connectivity index (χ2v) is 3.87. The standard InChI is InChI=1S/C12H21N3/c1-5-10(6-2)12(13-4)11-7-8-14-9(3)15-11/h7-8,10,12-13H,5-6H2,1-4H3. The third-order valence-corrected chi connectivity index (χ3v) is 2.95. The van der Waals surface area contributed by atoms with Crippen molar-refractivity contribution in [3.05, 3.63) is 23.8 Å². The van der Waals surface area contributed by atoms with Crippen LogP contribution in [0.3, 0.4) is 0 Å². The fourth-order valence-corrected chi connectivity index (χ4v) is 2.03. The van der Waals surface area contributed by atoms with Gasteiger partial charge in [-0.1, -0.05) is 26.7 Å². The summed E-state index contributed by atoms with van der Waals surface area (Å²) in [6.07, 6.45) is 4.18. The Morgan fingerprint density at radius 2 is 2.00 bits per heavy atom. The summed E-state index contributed by atoms with van der Waals surface area (Å²) < 4.78 is 0. The number of rotatable bonds is 5. The highest BCUT2D eigenvalue weighted by molar-refractivity contribution is 5.08. The average Bonchev–Trinajstić information content (AvgIpc) is 2.25. The van der Waals surface area contributed by atoms with E-state index in [9.17, 15) is 0 Å². The van der Waals surface area contributed by atoms with Crippen molar-refractivity contribution in [2.45, 2.75) is 39.7 Å². The Labute approximate surface area is 92.3 Å². The van der Waals surface area contributed by atoms with Gasteiger partial charge in [-0.2, -0.15) is 0 Å². The molecule has 0 fully saturated rings. The molecule has 1 atom stereocenters. The van der Waals surface area contributed by atoms with E-state index in [1.165, 1.54) is 12.8 Å². The molecule has 15 heavy (non-hydrogen) atoms. The van der Waals surface area contributed by atoms with Crippen LogP contribution in [0.2, 0.25) is 0 Å². The molecule has 3 nitrogen and oxygen atoms in total. The molecule has 0 aromatic carbocycles. The lowest BCUT2D eigenvalue weighted by atomic mass is 9.92. The number of aromatic nitrogens is 2. The highest BCUT2D eigenvalue weighted by Crippen LogP contribution is 2.25.